The van der Waals surface area contributed by atoms with E-state index < -0.39 is 0 Å². The van der Waals surface area contributed by atoms with Gasteiger partial charge in [0.2, 0.25) is 0 Å². The molecule has 0 saturated heterocycles. The summed E-state index contributed by atoms with van der Waals surface area (Å²) < 4.78 is 5.62. The maximum Gasteiger partial charge on any atom is 0.178 e. The zero-order valence-electron chi connectivity index (χ0n) is 18.7. The van der Waals surface area contributed by atoms with Gasteiger partial charge in [-0.05, 0) is 41.0 Å². The average Bonchev–Trinajstić information content (AvgIpc) is 3.05. The lowest BCUT2D eigenvalue weighted by atomic mass is 9.96. The molecule has 4 aromatic rings. The number of halogens is 1. The van der Waals surface area contributed by atoms with Gasteiger partial charge < -0.3 is 19.9 Å². The summed E-state index contributed by atoms with van der Waals surface area (Å²) in [6, 6.07) is 25.4. The van der Waals surface area contributed by atoms with Gasteiger partial charge in [-0.1, -0.05) is 66.2 Å². The number of nitrogens with one attached hydrogen (secondary N) is 1. The van der Waals surface area contributed by atoms with E-state index in [4.69, 9.17) is 16.3 Å². The quantitative estimate of drug-likeness (QED) is 0.377. The standard InChI is InChI=1S/C27H26ClN3O/c1-17-15-19(28)16-24(32-4)25(17)29-27-30(2)23-14-8-13-22(26(23)31(27)3)21-12-7-10-18-9-5-6-11-20(18)21/h5-16,27,29H,1-4H3. The second-order valence-corrected chi connectivity index (χ2v) is 8.68. The fourth-order valence-corrected chi connectivity index (χ4v) is 5.02. The summed E-state index contributed by atoms with van der Waals surface area (Å²) >= 11 is 6.26. The molecule has 0 saturated carbocycles. The second-order valence-electron chi connectivity index (χ2n) is 8.24. The molecule has 1 aliphatic heterocycles. The number of aryl methyl sites for hydroxylation is 1. The van der Waals surface area contributed by atoms with Crippen LogP contribution in [0.15, 0.2) is 72.8 Å². The van der Waals surface area contributed by atoms with Crippen molar-refractivity contribution in [3.05, 3.63) is 83.4 Å². The minimum atomic E-state index is -0.0742. The molecule has 0 aromatic heterocycles. The summed E-state index contributed by atoms with van der Waals surface area (Å²) in [6.45, 7) is 2.04. The molecule has 1 N–H and O–H groups in total. The molecule has 0 spiro atoms. The minimum Gasteiger partial charge on any atom is -0.495 e. The maximum absolute atomic E-state index is 6.26. The SMILES string of the molecule is COc1cc(Cl)cc(C)c1NC1N(C)c2cccc(-c3cccc4ccccc34)c2N1C. The van der Waals surface area contributed by atoms with Gasteiger partial charge in [0, 0.05) is 30.7 Å². The summed E-state index contributed by atoms with van der Waals surface area (Å²) in [5, 5.41) is 6.85. The van der Waals surface area contributed by atoms with Crippen LogP contribution in [0.25, 0.3) is 21.9 Å². The Bertz CT molecular complexity index is 1310. The predicted octanol–water partition coefficient (Wildman–Crippen LogP) is 6.76. The molecule has 4 aromatic carbocycles. The van der Waals surface area contributed by atoms with E-state index in [1.165, 1.54) is 33.3 Å². The maximum atomic E-state index is 6.26. The third-order valence-corrected chi connectivity index (χ3v) is 6.54. The van der Waals surface area contributed by atoms with Crippen LogP contribution in [-0.4, -0.2) is 27.5 Å². The van der Waals surface area contributed by atoms with Crippen LogP contribution in [0.3, 0.4) is 0 Å². The summed E-state index contributed by atoms with van der Waals surface area (Å²) in [5.41, 5.74) is 6.83. The van der Waals surface area contributed by atoms with Crippen LogP contribution in [0.5, 0.6) is 5.75 Å². The lowest BCUT2D eigenvalue weighted by molar-refractivity contribution is 0.415. The summed E-state index contributed by atoms with van der Waals surface area (Å²) in [7, 11) is 5.92. The topological polar surface area (TPSA) is 27.7 Å². The number of rotatable bonds is 4. The van der Waals surface area contributed by atoms with Crippen molar-refractivity contribution in [2.24, 2.45) is 0 Å². The minimum absolute atomic E-state index is 0.0742. The Morgan fingerprint density at radius 3 is 2.41 bits per heavy atom. The van der Waals surface area contributed by atoms with Gasteiger partial charge in [-0.2, -0.15) is 0 Å². The van der Waals surface area contributed by atoms with Crippen LogP contribution in [0, 0.1) is 6.92 Å². The third-order valence-electron chi connectivity index (χ3n) is 6.32. The molecule has 0 radical (unpaired) electrons. The van der Waals surface area contributed by atoms with Crippen molar-refractivity contribution >= 4 is 39.4 Å². The Hall–Kier alpha value is -3.37. The molecule has 32 heavy (non-hydrogen) atoms. The van der Waals surface area contributed by atoms with E-state index in [2.05, 4.69) is 89.9 Å². The molecule has 1 aliphatic rings. The fourth-order valence-electron chi connectivity index (χ4n) is 4.76. The van der Waals surface area contributed by atoms with Gasteiger partial charge in [0.1, 0.15) is 5.75 Å². The van der Waals surface area contributed by atoms with Crippen LogP contribution in [0.2, 0.25) is 5.02 Å². The number of anilines is 3. The number of ether oxygens (including phenoxy) is 1. The fraction of sp³-hybridized carbons (Fsp3) is 0.185. The average molecular weight is 444 g/mol. The second kappa shape index (κ2) is 7.95. The van der Waals surface area contributed by atoms with E-state index >= 15 is 0 Å². The van der Waals surface area contributed by atoms with Crippen molar-refractivity contribution in [2.75, 3.05) is 36.3 Å². The first-order valence-corrected chi connectivity index (χ1v) is 11.0. The molecule has 1 atom stereocenters. The van der Waals surface area contributed by atoms with Gasteiger partial charge in [0.25, 0.3) is 0 Å². The smallest absolute Gasteiger partial charge is 0.178 e. The van der Waals surface area contributed by atoms with Crippen molar-refractivity contribution in [3.8, 4) is 16.9 Å². The Labute approximate surface area is 194 Å². The lowest BCUT2D eigenvalue weighted by Gasteiger charge is -2.31. The van der Waals surface area contributed by atoms with Crippen molar-refractivity contribution in [1.82, 2.24) is 0 Å². The zero-order valence-corrected chi connectivity index (χ0v) is 19.4. The number of para-hydroxylation sites is 1. The predicted molar refractivity (Wildman–Crippen MR) is 136 cm³/mol. The molecule has 1 unspecified atom stereocenters. The number of benzene rings is 4. The summed E-state index contributed by atoms with van der Waals surface area (Å²) in [5.74, 6) is 0.738. The van der Waals surface area contributed by atoms with Crippen LogP contribution >= 0.6 is 11.6 Å². The van der Waals surface area contributed by atoms with Gasteiger partial charge in [0.05, 0.1) is 24.2 Å². The normalized spacial score (nSPS) is 15.2. The zero-order chi connectivity index (χ0) is 22.4. The Balaban J connectivity index is 1.60. The van der Waals surface area contributed by atoms with Gasteiger partial charge in [-0.3, -0.25) is 0 Å². The molecule has 0 aliphatic carbocycles. The van der Waals surface area contributed by atoms with E-state index in [1.54, 1.807) is 7.11 Å². The molecular weight excluding hydrogens is 418 g/mol. The van der Waals surface area contributed by atoms with Gasteiger partial charge in [0.15, 0.2) is 6.29 Å². The monoisotopic (exact) mass is 443 g/mol. The van der Waals surface area contributed by atoms with Crippen LogP contribution in [0.1, 0.15) is 5.56 Å². The van der Waals surface area contributed by atoms with Crippen LogP contribution < -0.4 is 19.9 Å². The third kappa shape index (κ3) is 3.23. The Morgan fingerprint density at radius 2 is 1.59 bits per heavy atom. The van der Waals surface area contributed by atoms with Crippen LogP contribution in [-0.2, 0) is 0 Å². The number of methoxy groups -OCH3 is 1. The molecule has 1 heterocycles. The molecule has 0 fully saturated rings. The Kier molecular flexibility index (Phi) is 5.10. The van der Waals surface area contributed by atoms with Gasteiger partial charge in [-0.15, -0.1) is 0 Å². The molecule has 5 rings (SSSR count). The number of hydrogen-bond acceptors (Lipinski definition) is 4. The largest absolute Gasteiger partial charge is 0.495 e. The van der Waals surface area contributed by atoms with E-state index in [0.29, 0.717) is 5.02 Å². The van der Waals surface area contributed by atoms with Gasteiger partial charge in [-0.25, -0.2) is 0 Å². The molecule has 4 nitrogen and oxygen atoms in total. The first-order valence-electron chi connectivity index (χ1n) is 10.7. The van der Waals surface area contributed by atoms with Gasteiger partial charge >= 0.3 is 0 Å². The van der Waals surface area contributed by atoms with E-state index in [9.17, 15) is 0 Å². The van der Waals surface area contributed by atoms with Crippen molar-refractivity contribution < 1.29 is 4.74 Å². The summed E-state index contributed by atoms with van der Waals surface area (Å²) in [6.07, 6.45) is -0.0742. The molecule has 162 valence electrons. The van der Waals surface area contributed by atoms with E-state index in [-0.39, 0.29) is 6.29 Å². The highest BCUT2D eigenvalue weighted by molar-refractivity contribution is 6.31. The van der Waals surface area contributed by atoms with Crippen LogP contribution in [0.4, 0.5) is 17.1 Å². The van der Waals surface area contributed by atoms with Crippen molar-refractivity contribution in [1.29, 1.82) is 0 Å². The van der Waals surface area contributed by atoms with Crippen molar-refractivity contribution in [2.45, 2.75) is 13.2 Å². The highest BCUT2D eigenvalue weighted by Gasteiger charge is 2.34. The summed E-state index contributed by atoms with van der Waals surface area (Å²) in [4.78, 5) is 4.55. The first kappa shape index (κ1) is 20.5. The van der Waals surface area contributed by atoms with Crippen molar-refractivity contribution in [3.63, 3.8) is 0 Å². The van der Waals surface area contributed by atoms with E-state index in [0.717, 1.165) is 17.0 Å². The number of nitrogens with zero attached hydrogens (tertiary/aromatic N) is 2. The molecular formula is C27H26ClN3O. The number of fused-ring (bicyclic) bond motifs is 2. The number of hydrogen-bond donors (Lipinski definition) is 1. The highest BCUT2D eigenvalue weighted by Crippen LogP contribution is 2.46. The highest BCUT2D eigenvalue weighted by atomic mass is 35.5. The molecule has 5 heteroatoms. The first-order chi connectivity index (χ1) is 15.5. The molecule has 0 amide bonds. The lowest BCUT2D eigenvalue weighted by Crippen LogP contribution is -2.45. The van der Waals surface area contributed by atoms with E-state index in [1.807, 2.05) is 19.1 Å². The Morgan fingerprint density at radius 1 is 0.875 bits per heavy atom. The molecule has 0 bridgehead atoms.